The molecule has 0 radical (unpaired) electrons. The van der Waals surface area contributed by atoms with Crippen molar-refractivity contribution in [1.29, 1.82) is 0 Å². The van der Waals surface area contributed by atoms with Crippen LogP contribution in [-0.2, 0) is 0 Å². The molecule has 1 aliphatic rings. The van der Waals surface area contributed by atoms with E-state index in [4.69, 9.17) is 0 Å². The Balaban J connectivity index is 2.48. The van der Waals surface area contributed by atoms with Crippen LogP contribution in [0.5, 0.6) is 0 Å². The molecule has 0 aromatic heterocycles. The molecular formula is C16H34N2. The van der Waals surface area contributed by atoms with Crippen molar-refractivity contribution in [3.63, 3.8) is 0 Å². The van der Waals surface area contributed by atoms with Crippen LogP contribution in [0, 0.1) is 0 Å². The van der Waals surface area contributed by atoms with E-state index in [2.05, 4.69) is 31.0 Å². The summed E-state index contributed by atoms with van der Waals surface area (Å²) in [6.07, 6.45) is 11.1. The van der Waals surface area contributed by atoms with Crippen LogP contribution in [0.4, 0.5) is 0 Å². The maximum absolute atomic E-state index is 3.63. The average Bonchev–Trinajstić information content (AvgIpc) is 2.41. The van der Waals surface area contributed by atoms with E-state index in [-0.39, 0.29) is 0 Å². The molecule has 0 heterocycles. The SMILES string of the molecule is CCCNCC(CCC)N(CC)C1CCCCC1. The Bertz CT molecular complexity index is 188. The Morgan fingerprint density at radius 2 is 1.78 bits per heavy atom. The van der Waals surface area contributed by atoms with Gasteiger partial charge in [0.15, 0.2) is 0 Å². The van der Waals surface area contributed by atoms with Gasteiger partial charge in [-0.3, -0.25) is 4.90 Å². The van der Waals surface area contributed by atoms with Gasteiger partial charge in [-0.1, -0.05) is 46.5 Å². The smallest absolute Gasteiger partial charge is 0.0223 e. The van der Waals surface area contributed by atoms with Crippen LogP contribution in [-0.4, -0.2) is 36.6 Å². The van der Waals surface area contributed by atoms with E-state index in [0.717, 1.165) is 12.1 Å². The molecule has 0 aliphatic heterocycles. The lowest BCUT2D eigenvalue weighted by molar-refractivity contribution is 0.103. The highest BCUT2D eigenvalue weighted by Crippen LogP contribution is 2.25. The Morgan fingerprint density at radius 3 is 2.33 bits per heavy atom. The number of hydrogen-bond acceptors (Lipinski definition) is 2. The molecule has 0 aromatic rings. The van der Waals surface area contributed by atoms with Crippen LogP contribution in [0.25, 0.3) is 0 Å². The minimum Gasteiger partial charge on any atom is -0.315 e. The number of nitrogens with zero attached hydrogens (tertiary/aromatic N) is 1. The van der Waals surface area contributed by atoms with E-state index in [1.165, 1.54) is 71.0 Å². The standard InChI is InChI=1S/C16H34N2/c1-4-10-16(14-17-13-5-2)18(6-3)15-11-8-7-9-12-15/h15-17H,4-14H2,1-3H3. The van der Waals surface area contributed by atoms with Crippen LogP contribution in [0.15, 0.2) is 0 Å². The number of rotatable bonds is 9. The zero-order valence-electron chi connectivity index (χ0n) is 12.9. The lowest BCUT2D eigenvalue weighted by atomic mass is 9.92. The molecule has 0 aromatic carbocycles. The van der Waals surface area contributed by atoms with Crippen molar-refractivity contribution in [2.24, 2.45) is 0 Å². The van der Waals surface area contributed by atoms with Gasteiger partial charge in [0.1, 0.15) is 0 Å². The van der Waals surface area contributed by atoms with E-state index < -0.39 is 0 Å². The summed E-state index contributed by atoms with van der Waals surface area (Å²) < 4.78 is 0. The largest absolute Gasteiger partial charge is 0.315 e. The Hall–Kier alpha value is -0.0800. The predicted octanol–water partition coefficient (Wildman–Crippen LogP) is 3.81. The molecule has 0 amide bonds. The second-order valence-electron chi connectivity index (χ2n) is 5.77. The van der Waals surface area contributed by atoms with Gasteiger partial charge >= 0.3 is 0 Å². The van der Waals surface area contributed by atoms with Gasteiger partial charge in [0, 0.05) is 18.6 Å². The molecule has 1 unspecified atom stereocenters. The van der Waals surface area contributed by atoms with Gasteiger partial charge in [-0.25, -0.2) is 0 Å². The zero-order chi connectivity index (χ0) is 13.2. The second-order valence-corrected chi connectivity index (χ2v) is 5.77. The fourth-order valence-corrected chi connectivity index (χ4v) is 3.39. The molecule has 2 heteroatoms. The van der Waals surface area contributed by atoms with Gasteiger partial charge in [-0.05, 0) is 38.8 Å². The fraction of sp³-hybridized carbons (Fsp3) is 1.00. The van der Waals surface area contributed by atoms with Crippen molar-refractivity contribution in [2.75, 3.05) is 19.6 Å². The van der Waals surface area contributed by atoms with Crippen molar-refractivity contribution in [2.45, 2.75) is 84.2 Å². The first-order chi connectivity index (χ1) is 8.83. The molecule has 0 spiro atoms. The Morgan fingerprint density at radius 1 is 1.06 bits per heavy atom. The molecule has 1 saturated carbocycles. The molecule has 1 atom stereocenters. The molecule has 1 aliphatic carbocycles. The molecule has 1 fully saturated rings. The molecule has 18 heavy (non-hydrogen) atoms. The summed E-state index contributed by atoms with van der Waals surface area (Å²) in [6, 6.07) is 1.62. The first-order valence-corrected chi connectivity index (χ1v) is 8.29. The number of likely N-dealkylation sites (N-methyl/N-ethyl adjacent to an activating group) is 1. The molecule has 1 N–H and O–H groups in total. The highest BCUT2D eigenvalue weighted by atomic mass is 15.2. The van der Waals surface area contributed by atoms with Gasteiger partial charge in [0.2, 0.25) is 0 Å². The summed E-state index contributed by atoms with van der Waals surface area (Å²) in [7, 11) is 0. The highest BCUT2D eigenvalue weighted by molar-refractivity contribution is 4.82. The molecular weight excluding hydrogens is 220 g/mol. The maximum atomic E-state index is 3.63. The van der Waals surface area contributed by atoms with Crippen molar-refractivity contribution in [1.82, 2.24) is 10.2 Å². The second kappa shape index (κ2) is 9.80. The lowest BCUT2D eigenvalue weighted by Crippen LogP contribution is -2.48. The van der Waals surface area contributed by atoms with E-state index in [9.17, 15) is 0 Å². The maximum Gasteiger partial charge on any atom is 0.0223 e. The summed E-state index contributed by atoms with van der Waals surface area (Å²) in [5.74, 6) is 0. The molecule has 2 nitrogen and oxygen atoms in total. The Kier molecular flexibility index (Phi) is 8.70. The van der Waals surface area contributed by atoms with E-state index >= 15 is 0 Å². The summed E-state index contributed by atoms with van der Waals surface area (Å²) in [6.45, 7) is 10.5. The summed E-state index contributed by atoms with van der Waals surface area (Å²) >= 11 is 0. The van der Waals surface area contributed by atoms with E-state index in [1.54, 1.807) is 0 Å². The average molecular weight is 254 g/mol. The lowest BCUT2D eigenvalue weighted by Gasteiger charge is -2.39. The zero-order valence-corrected chi connectivity index (χ0v) is 12.9. The van der Waals surface area contributed by atoms with Crippen LogP contribution >= 0.6 is 0 Å². The van der Waals surface area contributed by atoms with E-state index in [1.807, 2.05) is 0 Å². The van der Waals surface area contributed by atoms with Crippen molar-refractivity contribution >= 4 is 0 Å². The summed E-state index contributed by atoms with van der Waals surface area (Å²) in [5.41, 5.74) is 0. The van der Waals surface area contributed by atoms with Crippen LogP contribution in [0.1, 0.15) is 72.1 Å². The van der Waals surface area contributed by atoms with Gasteiger partial charge in [-0.2, -0.15) is 0 Å². The van der Waals surface area contributed by atoms with Gasteiger partial charge in [0.05, 0.1) is 0 Å². The minimum atomic E-state index is 0.759. The van der Waals surface area contributed by atoms with Crippen molar-refractivity contribution in [3.05, 3.63) is 0 Å². The topological polar surface area (TPSA) is 15.3 Å². The minimum absolute atomic E-state index is 0.759. The van der Waals surface area contributed by atoms with Crippen LogP contribution < -0.4 is 5.32 Å². The molecule has 0 bridgehead atoms. The predicted molar refractivity (Wildman–Crippen MR) is 81.1 cm³/mol. The third-order valence-electron chi connectivity index (χ3n) is 4.31. The fourth-order valence-electron chi connectivity index (χ4n) is 3.39. The van der Waals surface area contributed by atoms with E-state index in [0.29, 0.717) is 0 Å². The highest BCUT2D eigenvalue weighted by Gasteiger charge is 2.25. The summed E-state index contributed by atoms with van der Waals surface area (Å²) in [5, 5.41) is 3.63. The van der Waals surface area contributed by atoms with Crippen LogP contribution in [0.3, 0.4) is 0 Å². The molecule has 0 saturated heterocycles. The normalized spacial score (nSPS) is 19.3. The van der Waals surface area contributed by atoms with Gasteiger partial charge in [0.25, 0.3) is 0 Å². The van der Waals surface area contributed by atoms with Crippen LogP contribution in [0.2, 0.25) is 0 Å². The Labute approximate surface area is 115 Å². The monoisotopic (exact) mass is 254 g/mol. The van der Waals surface area contributed by atoms with Gasteiger partial charge in [-0.15, -0.1) is 0 Å². The van der Waals surface area contributed by atoms with Crippen molar-refractivity contribution < 1.29 is 0 Å². The third-order valence-corrected chi connectivity index (χ3v) is 4.31. The summed E-state index contributed by atoms with van der Waals surface area (Å²) in [4.78, 5) is 2.80. The number of nitrogens with one attached hydrogen (secondary N) is 1. The first-order valence-electron chi connectivity index (χ1n) is 8.29. The molecule has 108 valence electrons. The third kappa shape index (κ3) is 5.27. The first kappa shape index (κ1) is 16.0. The van der Waals surface area contributed by atoms with Crippen molar-refractivity contribution in [3.8, 4) is 0 Å². The quantitative estimate of drug-likeness (QED) is 0.629. The number of hydrogen-bond donors (Lipinski definition) is 1. The van der Waals surface area contributed by atoms with Gasteiger partial charge < -0.3 is 5.32 Å². The molecule has 1 rings (SSSR count).